The molecular formula is C82H92F2N8O8S2. The predicted octanol–water partition coefficient (Wildman–Crippen LogP) is 15.2. The Labute approximate surface area is 600 Å². The molecule has 534 valence electrons. The van der Waals surface area contributed by atoms with Gasteiger partial charge >= 0.3 is 6.03 Å². The van der Waals surface area contributed by atoms with Crippen LogP contribution in [0.1, 0.15) is 83.3 Å². The number of ether oxygens (including phenoxy) is 2. The number of hydrogen-bond donors (Lipinski definition) is 2. The highest BCUT2D eigenvalue weighted by molar-refractivity contribution is 7.89. The van der Waals surface area contributed by atoms with Gasteiger partial charge in [0.15, 0.2) is 0 Å². The van der Waals surface area contributed by atoms with Gasteiger partial charge in [0, 0.05) is 87.7 Å². The zero-order valence-electron chi connectivity index (χ0n) is 58.1. The molecule has 0 bridgehead atoms. The first-order valence-corrected chi connectivity index (χ1v) is 37.6. The van der Waals surface area contributed by atoms with E-state index in [1.165, 1.54) is 9.69 Å². The fraction of sp³-hybridized carbons (Fsp3) is 0.293. The van der Waals surface area contributed by atoms with Gasteiger partial charge in [0.05, 0.1) is 48.3 Å². The van der Waals surface area contributed by atoms with Gasteiger partial charge in [0.25, 0.3) is 0 Å². The van der Waals surface area contributed by atoms with Gasteiger partial charge in [-0.2, -0.15) is 13.6 Å². The van der Waals surface area contributed by atoms with Crippen molar-refractivity contribution in [2.24, 2.45) is 4.99 Å². The number of hydrogen-bond acceptors (Lipinski definition) is 12. The van der Waals surface area contributed by atoms with E-state index in [1.807, 2.05) is 213 Å². The summed E-state index contributed by atoms with van der Waals surface area (Å²) in [6.07, 6.45) is 3.51. The Morgan fingerprint density at radius 2 is 0.843 bits per heavy atom. The smallest absolute Gasteiger partial charge is 0.318 e. The summed E-state index contributed by atoms with van der Waals surface area (Å²) in [7, 11) is -7.48. The number of nitrogens with one attached hydrogen (secondary N) is 2. The minimum absolute atomic E-state index is 0.131. The number of carbonyl (C=O) groups is 1. The average molecular weight is 1420 g/mol. The third-order valence-corrected chi connectivity index (χ3v) is 21.6. The van der Waals surface area contributed by atoms with Crippen LogP contribution >= 0.6 is 0 Å². The Morgan fingerprint density at radius 3 is 1.28 bits per heavy atom. The van der Waals surface area contributed by atoms with Gasteiger partial charge in [-0.05, 0) is 130 Å². The second-order valence-corrected chi connectivity index (χ2v) is 29.1. The molecule has 2 amide bonds. The van der Waals surface area contributed by atoms with Crippen molar-refractivity contribution in [1.82, 2.24) is 33.9 Å². The maximum absolute atomic E-state index is 14.1. The number of carbonyl (C=O) groups excluding carboxylic acids is 2. The van der Waals surface area contributed by atoms with Gasteiger partial charge in [-0.25, -0.2) is 26.4 Å². The van der Waals surface area contributed by atoms with E-state index in [4.69, 9.17) is 18.6 Å². The maximum atomic E-state index is 14.1. The monoisotopic (exact) mass is 1420 g/mol. The number of benzene rings is 10. The molecule has 10 aromatic carbocycles. The molecule has 2 heterocycles. The molecule has 2 fully saturated rings. The predicted molar refractivity (Wildman–Crippen MR) is 401 cm³/mol. The lowest BCUT2D eigenvalue weighted by Crippen LogP contribution is -2.43. The SMILES string of the molecule is C[C@H](N=C=O)c1cccc2ccccc12.C[C@H](NC(=O)N(CCCN1CCOCC1)Cc1ccc(S(=O)(=O)N(Cc2ccccc2)Cc2ccccc2)cc1)c1cccc2ccccc12.FF.O=S(=O)(c1ccc(CNCCCN2CCOCC2)cc1)N(Cc1ccccc1)Cc1ccccc1. The van der Waals surface area contributed by atoms with Crippen LogP contribution < -0.4 is 10.6 Å². The number of rotatable bonds is 28. The second-order valence-electron chi connectivity index (χ2n) is 25.2. The molecule has 2 saturated heterocycles. The largest absolute Gasteiger partial charge is 0.379 e. The maximum Gasteiger partial charge on any atom is 0.318 e. The summed E-state index contributed by atoms with van der Waals surface area (Å²) in [6.45, 7) is 16.5. The lowest BCUT2D eigenvalue weighted by atomic mass is 10.00. The van der Waals surface area contributed by atoms with E-state index in [0.717, 1.165) is 152 Å². The minimum atomic E-state index is -3.83. The summed E-state index contributed by atoms with van der Waals surface area (Å²) in [4.78, 5) is 35.0. The number of urea groups is 1. The summed E-state index contributed by atoms with van der Waals surface area (Å²) >= 11 is 0. The summed E-state index contributed by atoms with van der Waals surface area (Å²) < 4.78 is 85.3. The van der Waals surface area contributed by atoms with Crippen LogP contribution in [0.15, 0.2) is 270 Å². The van der Waals surface area contributed by atoms with E-state index in [1.54, 1.807) is 34.7 Å². The molecule has 10 aromatic rings. The summed E-state index contributed by atoms with van der Waals surface area (Å²) in [5, 5.41) is 11.3. The molecule has 2 aliphatic heterocycles. The zero-order valence-corrected chi connectivity index (χ0v) is 59.7. The van der Waals surface area contributed by atoms with Crippen LogP contribution in [0.2, 0.25) is 0 Å². The Morgan fingerprint density at radius 1 is 0.471 bits per heavy atom. The number of morpholine rings is 2. The van der Waals surface area contributed by atoms with Crippen LogP contribution in [0.4, 0.5) is 13.9 Å². The van der Waals surface area contributed by atoms with Gasteiger partial charge in [-0.1, -0.05) is 231 Å². The van der Waals surface area contributed by atoms with Crippen molar-refractivity contribution >= 4 is 53.7 Å². The van der Waals surface area contributed by atoms with E-state index in [0.29, 0.717) is 31.1 Å². The van der Waals surface area contributed by atoms with Crippen LogP contribution in [-0.2, 0) is 73.6 Å². The number of aliphatic imine (C=N–C) groups is 1. The van der Waals surface area contributed by atoms with Crippen molar-refractivity contribution in [1.29, 1.82) is 0 Å². The molecule has 0 saturated carbocycles. The molecule has 12 rings (SSSR count). The molecule has 0 radical (unpaired) electrons. The van der Waals surface area contributed by atoms with Crippen molar-refractivity contribution in [3.05, 3.63) is 299 Å². The summed E-state index contributed by atoms with van der Waals surface area (Å²) in [6, 6.07) is 81.0. The van der Waals surface area contributed by atoms with Gasteiger partial charge in [-0.15, -0.1) is 0 Å². The third-order valence-electron chi connectivity index (χ3n) is 18.0. The molecule has 0 unspecified atom stereocenters. The van der Waals surface area contributed by atoms with Crippen LogP contribution in [0.3, 0.4) is 0 Å². The molecule has 0 spiro atoms. The number of amides is 2. The van der Waals surface area contributed by atoms with Crippen LogP contribution in [0.5, 0.6) is 0 Å². The Hall–Kier alpha value is -9.15. The van der Waals surface area contributed by atoms with Crippen molar-refractivity contribution in [3.63, 3.8) is 0 Å². The molecule has 102 heavy (non-hydrogen) atoms. The number of halogens is 2. The second kappa shape index (κ2) is 40.5. The molecule has 2 atom stereocenters. The highest BCUT2D eigenvalue weighted by Crippen LogP contribution is 2.29. The quantitative estimate of drug-likeness (QED) is 0.0271. The van der Waals surface area contributed by atoms with Gasteiger partial charge in [0.1, 0.15) is 0 Å². The number of isocyanates is 1. The molecule has 2 aliphatic rings. The van der Waals surface area contributed by atoms with Gasteiger partial charge in [-0.3, -0.25) is 9.80 Å². The average Bonchev–Trinajstić information content (AvgIpc) is 0.812. The molecule has 0 aliphatic carbocycles. The van der Waals surface area contributed by atoms with E-state index >= 15 is 0 Å². The molecule has 16 nitrogen and oxygen atoms in total. The van der Waals surface area contributed by atoms with Crippen LogP contribution in [0, 0.1) is 0 Å². The van der Waals surface area contributed by atoms with Gasteiger partial charge in [0.2, 0.25) is 26.1 Å². The lowest BCUT2D eigenvalue weighted by Gasteiger charge is -2.29. The van der Waals surface area contributed by atoms with Crippen molar-refractivity contribution < 1.29 is 45.0 Å². The van der Waals surface area contributed by atoms with E-state index < -0.39 is 20.0 Å². The van der Waals surface area contributed by atoms with Crippen molar-refractivity contribution in [2.75, 3.05) is 78.8 Å². The number of nitrogens with zero attached hydrogens (tertiary/aromatic N) is 6. The highest BCUT2D eigenvalue weighted by atomic mass is 32.2. The molecular weight excluding hydrogens is 1330 g/mol. The number of sulfonamides is 2. The number of fused-ring (bicyclic) bond motifs is 2. The molecule has 0 aromatic heterocycles. The Bertz CT molecular complexity index is 4330. The standard InChI is InChI=1S/C41H46N4O4S.C28H35N3O3S.C13H11NO.F2/c1-33(39-19-10-17-37-16-8-9-18-40(37)39)42-41(46)44(25-11-24-43-26-28-49-29-27-43)30-36-20-22-38(23-21-36)50(47,48)45(31-34-12-4-2-5-13-34)32-35-14-6-3-7-15-35;32-35(33,31(23-26-8-3-1-4-9-26)24-27-10-5-2-6-11-27)28-14-12-25(13-15-28)22-29-16-7-17-30-18-20-34-21-19-30;1-10(14-9-15)12-8-4-6-11-5-2-3-7-13(11)12;1-2/h2-10,12-23,33H,11,24-32H2,1H3,(H,42,46);1-6,8-15,29H,7,16-24H2;2-8,10H,1H3;/t33-;;10-;/m0.0./s1. The van der Waals surface area contributed by atoms with Crippen LogP contribution in [-0.4, -0.2) is 131 Å². The minimum Gasteiger partial charge on any atom is -0.379 e. The van der Waals surface area contributed by atoms with Crippen LogP contribution in [0.25, 0.3) is 21.5 Å². The first-order chi connectivity index (χ1) is 49.8. The van der Waals surface area contributed by atoms with Gasteiger partial charge < -0.3 is 25.0 Å². The van der Waals surface area contributed by atoms with E-state index in [-0.39, 0.29) is 36.1 Å². The Kier molecular flexibility index (Phi) is 30.6. The van der Waals surface area contributed by atoms with E-state index in [9.17, 15) is 26.4 Å². The van der Waals surface area contributed by atoms with Crippen molar-refractivity contribution in [2.45, 2.75) is 87.8 Å². The first-order valence-electron chi connectivity index (χ1n) is 34.7. The lowest BCUT2D eigenvalue weighted by molar-refractivity contribution is 0.0364. The Balaban J connectivity index is 0.000000200. The molecule has 2 N–H and O–H groups in total. The first kappa shape index (κ1) is 77.0. The fourth-order valence-electron chi connectivity index (χ4n) is 12.5. The molecule has 20 heteroatoms. The zero-order chi connectivity index (χ0) is 71.8. The topological polar surface area (TPSA) is 174 Å². The highest BCUT2D eigenvalue weighted by Gasteiger charge is 2.28. The van der Waals surface area contributed by atoms with E-state index in [2.05, 4.69) is 61.8 Å². The van der Waals surface area contributed by atoms with Crippen molar-refractivity contribution in [3.8, 4) is 0 Å². The normalized spacial score (nSPS) is 14.0. The fourth-order valence-corrected chi connectivity index (χ4v) is 15.3. The third kappa shape index (κ3) is 23.2. The summed E-state index contributed by atoms with van der Waals surface area (Å²) in [5.41, 5.74) is 7.83. The summed E-state index contributed by atoms with van der Waals surface area (Å²) in [5.74, 6) is 0.